The van der Waals surface area contributed by atoms with E-state index < -0.39 is 0 Å². The first-order valence-corrected chi connectivity index (χ1v) is 6.11. The Bertz CT molecular complexity index is 473. The van der Waals surface area contributed by atoms with Gasteiger partial charge in [-0.15, -0.1) is 0 Å². The average molecular weight is 243 g/mol. The molecule has 18 heavy (non-hydrogen) atoms. The summed E-state index contributed by atoms with van der Waals surface area (Å²) in [7, 11) is 0. The van der Waals surface area contributed by atoms with Crippen LogP contribution < -0.4 is 10.1 Å². The molecule has 0 aliphatic heterocycles. The van der Waals surface area contributed by atoms with E-state index in [0.29, 0.717) is 12.5 Å². The van der Waals surface area contributed by atoms with Crippen molar-refractivity contribution in [2.45, 2.75) is 13.3 Å². The topological polar surface area (TPSA) is 47.0 Å². The minimum absolute atomic E-state index is 0.606. The Morgan fingerprint density at radius 2 is 2.00 bits per heavy atom. The van der Waals surface area contributed by atoms with E-state index in [2.05, 4.69) is 27.4 Å². The Labute approximate surface area is 107 Å². The Morgan fingerprint density at radius 1 is 1.17 bits per heavy atom. The predicted octanol–water partition coefficient (Wildman–Crippen LogP) is 2.53. The first-order chi connectivity index (χ1) is 8.88. The Morgan fingerprint density at radius 3 is 2.78 bits per heavy atom. The van der Waals surface area contributed by atoms with Crippen LogP contribution in [0, 0.1) is 0 Å². The van der Waals surface area contributed by atoms with Crippen molar-refractivity contribution in [2.24, 2.45) is 0 Å². The van der Waals surface area contributed by atoms with Gasteiger partial charge in [-0.1, -0.05) is 30.3 Å². The lowest BCUT2D eigenvalue weighted by molar-refractivity contribution is 0.326. The number of ether oxygens (including phenoxy) is 1. The van der Waals surface area contributed by atoms with Crippen LogP contribution in [0.2, 0.25) is 0 Å². The van der Waals surface area contributed by atoms with Crippen molar-refractivity contribution in [3.05, 3.63) is 48.3 Å². The lowest BCUT2D eigenvalue weighted by Crippen LogP contribution is -2.07. The largest absolute Gasteiger partial charge is 0.478 e. The molecule has 0 saturated heterocycles. The maximum Gasteiger partial charge on any atom is 0.218 e. The standard InChI is InChI=1S/C14H17N3O/c1-2-18-14-10-13(16-11-17-14)15-9-8-12-6-4-3-5-7-12/h3-7,10-11H,2,8-9H2,1H3,(H,15,16,17). The van der Waals surface area contributed by atoms with E-state index in [1.807, 2.05) is 31.2 Å². The van der Waals surface area contributed by atoms with Crippen LogP contribution >= 0.6 is 0 Å². The Hall–Kier alpha value is -2.10. The van der Waals surface area contributed by atoms with Gasteiger partial charge in [0.05, 0.1) is 6.61 Å². The van der Waals surface area contributed by atoms with Gasteiger partial charge in [0.1, 0.15) is 12.1 Å². The summed E-state index contributed by atoms with van der Waals surface area (Å²) >= 11 is 0. The van der Waals surface area contributed by atoms with E-state index in [-0.39, 0.29) is 0 Å². The van der Waals surface area contributed by atoms with E-state index in [9.17, 15) is 0 Å². The summed E-state index contributed by atoms with van der Waals surface area (Å²) < 4.78 is 5.32. The third kappa shape index (κ3) is 3.73. The average Bonchev–Trinajstić information content (AvgIpc) is 2.41. The van der Waals surface area contributed by atoms with Crippen LogP contribution in [0.4, 0.5) is 5.82 Å². The smallest absolute Gasteiger partial charge is 0.218 e. The highest BCUT2D eigenvalue weighted by molar-refractivity contribution is 5.37. The van der Waals surface area contributed by atoms with Gasteiger partial charge in [-0.05, 0) is 18.9 Å². The molecule has 94 valence electrons. The molecule has 0 radical (unpaired) electrons. The predicted molar refractivity (Wildman–Crippen MR) is 71.8 cm³/mol. The highest BCUT2D eigenvalue weighted by Gasteiger charge is 1.98. The van der Waals surface area contributed by atoms with Crippen LogP contribution in [0.3, 0.4) is 0 Å². The number of benzene rings is 1. The molecule has 0 spiro atoms. The second-order valence-corrected chi connectivity index (χ2v) is 3.84. The third-order valence-electron chi connectivity index (χ3n) is 2.50. The minimum Gasteiger partial charge on any atom is -0.478 e. The summed E-state index contributed by atoms with van der Waals surface area (Å²) in [6.07, 6.45) is 2.48. The zero-order valence-corrected chi connectivity index (χ0v) is 10.5. The third-order valence-corrected chi connectivity index (χ3v) is 2.50. The van der Waals surface area contributed by atoms with Gasteiger partial charge < -0.3 is 10.1 Å². The Balaban J connectivity index is 1.84. The van der Waals surface area contributed by atoms with E-state index >= 15 is 0 Å². The molecule has 0 unspecified atom stereocenters. The van der Waals surface area contributed by atoms with Crippen molar-refractivity contribution in [1.82, 2.24) is 9.97 Å². The fraction of sp³-hybridized carbons (Fsp3) is 0.286. The molecular weight excluding hydrogens is 226 g/mol. The molecule has 2 rings (SSSR count). The molecule has 1 N–H and O–H groups in total. The van der Waals surface area contributed by atoms with Crippen LogP contribution in [0.1, 0.15) is 12.5 Å². The molecule has 1 heterocycles. The molecule has 0 saturated carbocycles. The quantitative estimate of drug-likeness (QED) is 0.847. The monoisotopic (exact) mass is 243 g/mol. The number of nitrogens with zero attached hydrogens (tertiary/aromatic N) is 2. The molecular formula is C14H17N3O. The lowest BCUT2D eigenvalue weighted by Gasteiger charge is -2.07. The SMILES string of the molecule is CCOc1cc(NCCc2ccccc2)ncn1. The van der Waals surface area contributed by atoms with E-state index in [4.69, 9.17) is 4.74 Å². The van der Waals surface area contributed by atoms with Crippen molar-refractivity contribution in [3.63, 3.8) is 0 Å². The van der Waals surface area contributed by atoms with Crippen molar-refractivity contribution in [3.8, 4) is 5.88 Å². The van der Waals surface area contributed by atoms with Crippen molar-refractivity contribution < 1.29 is 4.74 Å². The molecule has 0 bridgehead atoms. The summed E-state index contributed by atoms with van der Waals surface area (Å²) in [5.74, 6) is 1.40. The zero-order valence-electron chi connectivity index (χ0n) is 10.5. The molecule has 0 fully saturated rings. The number of rotatable bonds is 6. The van der Waals surface area contributed by atoms with Crippen molar-refractivity contribution in [2.75, 3.05) is 18.5 Å². The molecule has 0 aliphatic rings. The van der Waals surface area contributed by atoms with Gasteiger partial charge in [-0.3, -0.25) is 0 Å². The summed E-state index contributed by atoms with van der Waals surface area (Å²) in [6, 6.07) is 12.2. The van der Waals surface area contributed by atoms with Crippen molar-refractivity contribution >= 4 is 5.82 Å². The number of hydrogen-bond donors (Lipinski definition) is 1. The van der Waals surface area contributed by atoms with Crippen LogP contribution in [0.5, 0.6) is 5.88 Å². The van der Waals surface area contributed by atoms with Gasteiger partial charge in [0.25, 0.3) is 0 Å². The molecule has 4 nitrogen and oxygen atoms in total. The van der Waals surface area contributed by atoms with Gasteiger partial charge in [-0.2, -0.15) is 0 Å². The van der Waals surface area contributed by atoms with E-state index in [0.717, 1.165) is 18.8 Å². The minimum atomic E-state index is 0.606. The first-order valence-electron chi connectivity index (χ1n) is 6.11. The summed E-state index contributed by atoms with van der Waals surface area (Å²) in [4.78, 5) is 8.17. The number of anilines is 1. The molecule has 1 aromatic heterocycles. The molecule has 4 heteroatoms. The van der Waals surface area contributed by atoms with Gasteiger partial charge >= 0.3 is 0 Å². The fourth-order valence-electron chi connectivity index (χ4n) is 1.64. The zero-order chi connectivity index (χ0) is 12.6. The van der Waals surface area contributed by atoms with Gasteiger partial charge in [0, 0.05) is 12.6 Å². The molecule has 0 aliphatic carbocycles. The fourth-order valence-corrected chi connectivity index (χ4v) is 1.64. The van der Waals surface area contributed by atoms with E-state index in [1.165, 1.54) is 11.9 Å². The van der Waals surface area contributed by atoms with Gasteiger partial charge in [0.15, 0.2) is 0 Å². The molecule has 2 aromatic rings. The summed E-state index contributed by atoms with van der Waals surface area (Å²) in [5.41, 5.74) is 1.31. The highest BCUT2D eigenvalue weighted by Crippen LogP contribution is 2.10. The maximum absolute atomic E-state index is 5.32. The van der Waals surface area contributed by atoms with Gasteiger partial charge in [0.2, 0.25) is 5.88 Å². The second-order valence-electron chi connectivity index (χ2n) is 3.84. The van der Waals surface area contributed by atoms with Crippen LogP contribution in [-0.4, -0.2) is 23.1 Å². The number of nitrogens with one attached hydrogen (secondary N) is 1. The number of aromatic nitrogens is 2. The molecule has 1 aromatic carbocycles. The Kier molecular flexibility index (Phi) is 4.53. The number of hydrogen-bond acceptors (Lipinski definition) is 4. The van der Waals surface area contributed by atoms with Crippen molar-refractivity contribution in [1.29, 1.82) is 0 Å². The summed E-state index contributed by atoms with van der Waals surface area (Å²) in [6.45, 7) is 3.39. The van der Waals surface area contributed by atoms with Crippen LogP contribution in [0.15, 0.2) is 42.7 Å². The highest BCUT2D eigenvalue weighted by atomic mass is 16.5. The lowest BCUT2D eigenvalue weighted by atomic mass is 10.1. The van der Waals surface area contributed by atoms with Crippen LogP contribution in [-0.2, 0) is 6.42 Å². The summed E-state index contributed by atoms with van der Waals surface area (Å²) in [5, 5.41) is 3.26. The molecule has 0 amide bonds. The van der Waals surface area contributed by atoms with Crippen LogP contribution in [0.25, 0.3) is 0 Å². The van der Waals surface area contributed by atoms with Gasteiger partial charge in [-0.25, -0.2) is 9.97 Å². The second kappa shape index (κ2) is 6.59. The van der Waals surface area contributed by atoms with E-state index in [1.54, 1.807) is 0 Å². The normalized spacial score (nSPS) is 10.1. The first kappa shape index (κ1) is 12.4. The molecule has 0 atom stereocenters. The maximum atomic E-state index is 5.32.